The van der Waals surface area contributed by atoms with Gasteiger partial charge in [0.25, 0.3) is 11.7 Å². The number of amidine groups is 2. The van der Waals surface area contributed by atoms with Crippen LogP contribution in [-0.4, -0.2) is 83.0 Å². The van der Waals surface area contributed by atoms with Crippen molar-refractivity contribution in [2.45, 2.75) is 79.6 Å². The van der Waals surface area contributed by atoms with Crippen molar-refractivity contribution in [1.82, 2.24) is 9.80 Å². The Bertz CT molecular complexity index is 1200. The van der Waals surface area contributed by atoms with Gasteiger partial charge in [0.05, 0.1) is 63.5 Å². The monoisotopic (exact) mass is 540 g/mol. The van der Waals surface area contributed by atoms with Gasteiger partial charge in [-0.05, 0) is 102 Å². The second kappa shape index (κ2) is 13.3. The molecule has 0 spiro atoms. The lowest BCUT2D eigenvalue weighted by Crippen LogP contribution is -2.41. The molecule has 3 aromatic carbocycles. The van der Waals surface area contributed by atoms with E-state index in [9.17, 15) is 0 Å². The maximum absolute atomic E-state index is 2.36. The Hall–Kier alpha value is -3.40. The molecule has 0 aliphatic heterocycles. The van der Waals surface area contributed by atoms with Crippen LogP contribution in [0.2, 0.25) is 0 Å². The van der Waals surface area contributed by atoms with Crippen LogP contribution in [0.5, 0.6) is 0 Å². The van der Waals surface area contributed by atoms with Crippen LogP contribution in [0.25, 0.3) is 22.3 Å². The molecule has 0 aliphatic carbocycles. The maximum Gasteiger partial charge on any atom is 0.279 e. The van der Waals surface area contributed by atoms with E-state index in [1.807, 2.05) is 0 Å². The summed E-state index contributed by atoms with van der Waals surface area (Å²) in [5.41, 5.74) is 7.42. The molecule has 0 aliphatic rings. The number of benzene rings is 3. The van der Waals surface area contributed by atoms with E-state index >= 15 is 0 Å². The van der Waals surface area contributed by atoms with Crippen molar-refractivity contribution < 1.29 is 9.15 Å². The fraction of sp³-hybridized carbons (Fsp3) is 0.444. The molecule has 0 amide bonds. The third-order valence-electron chi connectivity index (χ3n) is 8.27. The fourth-order valence-corrected chi connectivity index (χ4v) is 4.77. The van der Waals surface area contributed by atoms with E-state index in [0.717, 1.165) is 0 Å². The first-order chi connectivity index (χ1) is 18.8. The van der Waals surface area contributed by atoms with Crippen molar-refractivity contribution in [3.8, 4) is 22.3 Å². The van der Waals surface area contributed by atoms with E-state index in [4.69, 9.17) is 0 Å². The Morgan fingerprint density at radius 1 is 0.450 bits per heavy atom. The van der Waals surface area contributed by atoms with Crippen LogP contribution in [0.1, 0.15) is 66.5 Å². The SMILES string of the molecule is CC(C)N(C)C(c1ccc(-c2ccc(-c3ccc(C(N(C)C(C)C)=[N+](C)C(C)C)cc3)cc2)cc1)=[N+](C)C(C)C. The summed E-state index contributed by atoms with van der Waals surface area (Å²) in [5, 5.41) is 0. The van der Waals surface area contributed by atoms with Crippen LogP contribution < -0.4 is 0 Å². The highest BCUT2D eigenvalue weighted by atomic mass is 15.2. The van der Waals surface area contributed by atoms with Crippen LogP contribution >= 0.6 is 0 Å². The molecule has 3 rings (SSSR count). The highest BCUT2D eigenvalue weighted by Gasteiger charge is 2.25. The Kier molecular flexibility index (Phi) is 10.4. The summed E-state index contributed by atoms with van der Waals surface area (Å²) in [6, 6.07) is 28.6. The summed E-state index contributed by atoms with van der Waals surface area (Å²) in [4.78, 5) is 4.72. The molecule has 0 radical (unpaired) electrons. The van der Waals surface area contributed by atoms with Gasteiger partial charge in [0.15, 0.2) is 0 Å². The average Bonchev–Trinajstić information content (AvgIpc) is 2.93. The third-order valence-corrected chi connectivity index (χ3v) is 8.27. The molecule has 4 heteroatoms. The van der Waals surface area contributed by atoms with Gasteiger partial charge in [0.2, 0.25) is 0 Å². The van der Waals surface area contributed by atoms with Gasteiger partial charge in [-0.1, -0.05) is 48.5 Å². The quantitative estimate of drug-likeness (QED) is 0.169. The Morgan fingerprint density at radius 3 is 0.875 bits per heavy atom. The van der Waals surface area contributed by atoms with Gasteiger partial charge in [-0.15, -0.1) is 0 Å². The topological polar surface area (TPSA) is 12.5 Å². The van der Waals surface area contributed by atoms with Gasteiger partial charge < -0.3 is 0 Å². The first-order valence-corrected chi connectivity index (χ1v) is 14.8. The molecule has 0 unspecified atom stereocenters. The molecule has 3 aromatic rings. The van der Waals surface area contributed by atoms with Crippen LogP contribution in [0.15, 0.2) is 72.8 Å². The van der Waals surface area contributed by atoms with Gasteiger partial charge >= 0.3 is 0 Å². The first kappa shape index (κ1) is 31.1. The van der Waals surface area contributed by atoms with Gasteiger partial charge in [0, 0.05) is 0 Å². The second-order valence-corrected chi connectivity index (χ2v) is 12.2. The zero-order valence-electron chi connectivity index (χ0n) is 27.0. The van der Waals surface area contributed by atoms with Crippen LogP contribution in [-0.2, 0) is 0 Å². The summed E-state index contributed by atoms with van der Waals surface area (Å²) in [5.74, 6) is 2.52. The first-order valence-electron chi connectivity index (χ1n) is 14.8. The van der Waals surface area contributed by atoms with Crippen molar-refractivity contribution in [2.75, 3.05) is 28.2 Å². The lowest BCUT2D eigenvalue weighted by molar-refractivity contribution is -0.534. The van der Waals surface area contributed by atoms with Crippen molar-refractivity contribution in [1.29, 1.82) is 0 Å². The van der Waals surface area contributed by atoms with Crippen LogP contribution in [0, 0.1) is 0 Å². The molecule has 214 valence electrons. The van der Waals surface area contributed by atoms with E-state index < -0.39 is 0 Å². The second-order valence-electron chi connectivity index (χ2n) is 12.2. The molecule has 0 heterocycles. The highest BCUT2D eigenvalue weighted by molar-refractivity contribution is 5.96. The molecule has 0 saturated carbocycles. The van der Waals surface area contributed by atoms with E-state index in [0.29, 0.717) is 24.2 Å². The van der Waals surface area contributed by atoms with E-state index in [1.165, 1.54) is 45.1 Å². The molecule has 0 saturated heterocycles. The molecule has 40 heavy (non-hydrogen) atoms. The highest BCUT2D eigenvalue weighted by Crippen LogP contribution is 2.26. The van der Waals surface area contributed by atoms with Crippen LogP contribution in [0.3, 0.4) is 0 Å². The van der Waals surface area contributed by atoms with Gasteiger partial charge in [-0.25, -0.2) is 0 Å². The predicted octanol–water partition coefficient (Wildman–Crippen LogP) is 7.30. The number of hydrogen-bond donors (Lipinski definition) is 0. The predicted molar refractivity (Wildman–Crippen MR) is 174 cm³/mol. The van der Waals surface area contributed by atoms with Crippen molar-refractivity contribution in [2.24, 2.45) is 0 Å². The molecule has 0 aromatic heterocycles. The smallest absolute Gasteiger partial charge is 0.262 e. The third kappa shape index (κ3) is 7.02. The lowest BCUT2D eigenvalue weighted by atomic mass is 9.98. The molecule has 0 atom stereocenters. The minimum absolute atomic E-state index is 0.425. The van der Waals surface area contributed by atoms with E-state index in [2.05, 4.69) is 175 Å². The molecule has 0 N–H and O–H groups in total. The minimum atomic E-state index is 0.425. The summed E-state index contributed by atoms with van der Waals surface area (Å²) in [6.45, 7) is 17.9. The molecule has 0 fully saturated rings. The summed E-state index contributed by atoms with van der Waals surface area (Å²) >= 11 is 0. The van der Waals surface area contributed by atoms with Gasteiger partial charge in [-0.3, -0.25) is 19.0 Å². The fourth-order valence-electron chi connectivity index (χ4n) is 4.77. The van der Waals surface area contributed by atoms with Gasteiger partial charge in [-0.2, -0.15) is 0 Å². The molecular formula is C36H52N4+2. The minimum Gasteiger partial charge on any atom is -0.262 e. The molecular weight excluding hydrogens is 488 g/mol. The van der Waals surface area contributed by atoms with Crippen LogP contribution in [0.4, 0.5) is 0 Å². The number of hydrogen-bond acceptors (Lipinski definition) is 0. The zero-order valence-corrected chi connectivity index (χ0v) is 27.0. The van der Waals surface area contributed by atoms with E-state index in [-0.39, 0.29) is 0 Å². The summed E-state index contributed by atoms with van der Waals surface area (Å²) in [6.07, 6.45) is 0. The average molecular weight is 541 g/mol. The normalized spacial score (nSPS) is 13.2. The zero-order chi connectivity index (χ0) is 29.7. The van der Waals surface area contributed by atoms with Crippen molar-refractivity contribution >= 4 is 11.7 Å². The standard InChI is InChI=1S/C36H52N4/c1-25(2)37(9)35(38(10)26(3)4)33-21-17-31(18-22-33)29-13-15-30(16-14-29)32-19-23-34(24-20-32)36(39(11)27(5)6)40(12)28(7)8/h13-28H,1-12H3/q+2. The Balaban J connectivity index is 1.87. The summed E-state index contributed by atoms with van der Waals surface area (Å²) in [7, 11) is 8.73. The Morgan fingerprint density at radius 2 is 0.675 bits per heavy atom. The van der Waals surface area contributed by atoms with E-state index in [1.54, 1.807) is 0 Å². The molecule has 0 bridgehead atoms. The number of nitrogens with zero attached hydrogens (tertiary/aromatic N) is 4. The lowest BCUT2D eigenvalue weighted by Gasteiger charge is -2.23. The molecule has 4 nitrogen and oxygen atoms in total. The van der Waals surface area contributed by atoms with Crippen molar-refractivity contribution in [3.63, 3.8) is 0 Å². The van der Waals surface area contributed by atoms with Gasteiger partial charge in [0.1, 0.15) is 0 Å². The maximum atomic E-state index is 2.36. The van der Waals surface area contributed by atoms with Crippen molar-refractivity contribution in [3.05, 3.63) is 83.9 Å². The summed E-state index contributed by atoms with van der Waals surface area (Å²) < 4.78 is 4.72. The number of rotatable bonds is 8. The Labute approximate surface area is 244 Å². The largest absolute Gasteiger partial charge is 0.279 e.